The van der Waals surface area contributed by atoms with Crippen LogP contribution in [-0.4, -0.2) is 50.5 Å². The number of likely N-dealkylation sites (tertiary alicyclic amines) is 1. The fraction of sp³-hybridized carbons (Fsp3) is 0.367. The molecule has 4 rings (SSSR count). The van der Waals surface area contributed by atoms with Crippen molar-refractivity contribution >= 4 is 23.8 Å². The summed E-state index contributed by atoms with van der Waals surface area (Å²) in [7, 11) is 1.88. The summed E-state index contributed by atoms with van der Waals surface area (Å²) in [5, 5.41) is 13.9. The van der Waals surface area contributed by atoms with Gasteiger partial charge >= 0.3 is 12.1 Å². The van der Waals surface area contributed by atoms with Crippen LogP contribution in [0.4, 0.5) is 4.79 Å². The minimum absolute atomic E-state index is 0.213. The second-order valence-corrected chi connectivity index (χ2v) is 11.4. The van der Waals surface area contributed by atoms with E-state index in [4.69, 9.17) is 4.74 Å². The highest BCUT2D eigenvalue weighted by atomic mass is 32.2. The van der Waals surface area contributed by atoms with E-state index in [1.54, 1.807) is 33.5 Å². The summed E-state index contributed by atoms with van der Waals surface area (Å²) in [5.41, 5.74) is 3.46. The van der Waals surface area contributed by atoms with Crippen molar-refractivity contribution in [3.63, 3.8) is 0 Å². The third-order valence-corrected chi connectivity index (χ3v) is 7.35. The Morgan fingerprint density at radius 2 is 1.79 bits per heavy atom. The smallest absolute Gasteiger partial charge is 0.410 e. The van der Waals surface area contributed by atoms with Crippen molar-refractivity contribution in [3.05, 3.63) is 82.7 Å². The summed E-state index contributed by atoms with van der Waals surface area (Å²) in [5.74, 6) is 6.46. The van der Waals surface area contributed by atoms with E-state index in [9.17, 15) is 14.7 Å². The van der Waals surface area contributed by atoms with Gasteiger partial charge in [-0.15, -0.1) is 11.8 Å². The van der Waals surface area contributed by atoms with Gasteiger partial charge in [0.1, 0.15) is 5.60 Å². The minimum atomic E-state index is -0.976. The molecule has 2 aromatic carbocycles. The zero-order valence-electron chi connectivity index (χ0n) is 22.2. The molecule has 1 fully saturated rings. The van der Waals surface area contributed by atoms with E-state index in [-0.39, 0.29) is 11.7 Å². The summed E-state index contributed by atoms with van der Waals surface area (Å²) in [4.78, 5) is 26.6. The van der Waals surface area contributed by atoms with E-state index in [1.165, 1.54) is 5.56 Å². The molecule has 1 saturated heterocycles. The van der Waals surface area contributed by atoms with Gasteiger partial charge in [-0.2, -0.15) is 5.10 Å². The van der Waals surface area contributed by atoms with Gasteiger partial charge in [0, 0.05) is 48.1 Å². The van der Waals surface area contributed by atoms with Crippen LogP contribution in [0.15, 0.2) is 59.6 Å². The van der Waals surface area contributed by atoms with Crippen molar-refractivity contribution in [2.45, 2.75) is 55.8 Å². The number of carbonyl (C=O) groups excluding carboxylic acids is 1. The predicted octanol–water partition coefficient (Wildman–Crippen LogP) is 5.92. The molecule has 1 N–H and O–H groups in total. The van der Waals surface area contributed by atoms with Gasteiger partial charge in [-0.3, -0.25) is 4.68 Å². The molecule has 0 bridgehead atoms. The van der Waals surface area contributed by atoms with Gasteiger partial charge in [-0.25, -0.2) is 9.59 Å². The highest BCUT2D eigenvalue weighted by molar-refractivity contribution is 7.98. The lowest BCUT2D eigenvalue weighted by atomic mass is 9.89. The molecule has 1 aromatic heterocycles. The quantitative estimate of drug-likeness (QED) is 0.325. The normalized spacial score (nSPS) is 14.1. The number of amides is 1. The maximum Gasteiger partial charge on any atom is 0.410 e. The second-order valence-electron chi connectivity index (χ2n) is 10.4. The lowest BCUT2D eigenvalue weighted by molar-refractivity contribution is 0.0204. The number of nitrogens with zero attached hydrogens (tertiary/aromatic N) is 3. The maximum atomic E-state index is 12.3. The fourth-order valence-corrected chi connectivity index (χ4v) is 5.17. The van der Waals surface area contributed by atoms with Gasteiger partial charge in [-0.05, 0) is 81.5 Å². The molecule has 1 amide bonds. The number of piperidine rings is 1. The Labute approximate surface area is 228 Å². The van der Waals surface area contributed by atoms with Gasteiger partial charge in [0.05, 0.1) is 11.3 Å². The molecule has 0 unspecified atom stereocenters. The van der Waals surface area contributed by atoms with Gasteiger partial charge < -0.3 is 14.7 Å². The predicted molar refractivity (Wildman–Crippen MR) is 148 cm³/mol. The van der Waals surface area contributed by atoms with Crippen molar-refractivity contribution in [2.75, 3.05) is 13.1 Å². The molecule has 3 aromatic rings. The van der Waals surface area contributed by atoms with E-state index >= 15 is 0 Å². The van der Waals surface area contributed by atoms with Gasteiger partial charge in [0.2, 0.25) is 0 Å². The van der Waals surface area contributed by atoms with Crippen molar-refractivity contribution in [3.8, 4) is 11.8 Å². The fourth-order valence-electron chi connectivity index (χ4n) is 4.28. The first kappa shape index (κ1) is 27.3. The number of carbonyl (C=O) groups is 2. The van der Waals surface area contributed by atoms with E-state index < -0.39 is 11.6 Å². The Hall–Kier alpha value is -3.70. The lowest BCUT2D eigenvalue weighted by Crippen LogP contribution is -2.41. The summed E-state index contributed by atoms with van der Waals surface area (Å²) in [6.45, 7) is 7.01. The van der Waals surface area contributed by atoms with Crippen LogP contribution in [0.5, 0.6) is 0 Å². The van der Waals surface area contributed by atoms with E-state index in [1.807, 2.05) is 58.3 Å². The number of rotatable bonds is 5. The first-order valence-electron chi connectivity index (χ1n) is 12.7. The van der Waals surface area contributed by atoms with E-state index in [2.05, 4.69) is 29.1 Å². The lowest BCUT2D eigenvalue weighted by Gasteiger charge is -2.33. The first-order valence-corrected chi connectivity index (χ1v) is 13.6. The Balaban J connectivity index is 1.42. The molecule has 7 nitrogen and oxygen atoms in total. The van der Waals surface area contributed by atoms with Crippen LogP contribution in [0.2, 0.25) is 0 Å². The molecule has 1 aliphatic heterocycles. The van der Waals surface area contributed by atoms with Crippen molar-refractivity contribution in [2.24, 2.45) is 7.05 Å². The SMILES string of the molecule is Cn1ccc(CSc2ccc(C(=O)O)cc2C#Cc2ccc(C3CCN(C(=O)OC(C)(C)C)CC3)cc2)n1. The molecule has 0 aliphatic carbocycles. The number of benzene rings is 2. The van der Waals surface area contributed by atoms with Crippen molar-refractivity contribution < 1.29 is 19.4 Å². The molecular formula is C30H33N3O4S. The Kier molecular flexibility index (Phi) is 8.48. The maximum absolute atomic E-state index is 12.3. The summed E-state index contributed by atoms with van der Waals surface area (Å²) >= 11 is 1.59. The topological polar surface area (TPSA) is 84.7 Å². The third kappa shape index (κ3) is 7.42. The van der Waals surface area contributed by atoms with Crippen LogP contribution in [0.25, 0.3) is 0 Å². The van der Waals surface area contributed by atoms with Crippen LogP contribution in [-0.2, 0) is 17.5 Å². The zero-order valence-corrected chi connectivity index (χ0v) is 23.0. The minimum Gasteiger partial charge on any atom is -0.478 e. The highest BCUT2D eigenvalue weighted by Crippen LogP contribution is 2.29. The number of thioether (sulfide) groups is 1. The number of carboxylic acid groups (broad SMARTS) is 1. The number of hydrogen-bond donors (Lipinski definition) is 1. The Morgan fingerprint density at radius 1 is 1.08 bits per heavy atom. The Bertz CT molecular complexity index is 1350. The number of ether oxygens (including phenoxy) is 1. The number of aryl methyl sites for hydroxylation is 1. The summed E-state index contributed by atoms with van der Waals surface area (Å²) in [6, 6.07) is 15.2. The molecule has 0 spiro atoms. The molecule has 0 radical (unpaired) electrons. The molecule has 8 heteroatoms. The number of carboxylic acids is 1. The number of aromatic nitrogens is 2. The number of hydrogen-bond acceptors (Lipinski definition) is 5. The summed E-state index contributed by atoms with van der Waals surface area (Å²) < 4.78 is 7.26. The van der Waals surface area contributed by atoms with E-state index in [0.717, 1.165) is 29.0 Å². The molecule has 2 heterocycles. The molecule has 0 saturated carbocycles. The van der Waals surface area contributed by atoms with Gasteiger partial charge in [0.25, 0.3) is 0 Å². The van der Waals surface area contributed by atoms with Gasteiger partial charge in [0.15, 0.2) is 0 Å². The number of aromatic carboxylic acids is 1. The standard InChI is InChI=1S/C30H33N3O4S/c1-30(2,3)37-29(36)33-17-13-23(14-18-33)22-8-5-21(6-9-22)7-10-24-19-25(28(34)35)11-12-27(24)38-20-26-15-16-32(4)31-26/h5-6,8-9,11-12,15-16,19,23H,13-14,17-18,20H2,1-4H3,(H,34,35). The van der Waals surface area contributed by atoms with Crippen molar-refractivity contribution in [1.82, 2.24) is 14.7 Å². The molecule has 38 heavy (non-hydrogen) atoms. The first-order chi connectivity index (χ1) is 18.1. The molecular weight excluding hydrogens is 498 g/mol. The molecule has 198 valence electrons. The largest absolute Gasteiger partial charge is 0.478 e. The monoisotopic (exact) mass is 531 g/mol. The van der Waals surface area contributed by atoms with Crippen LogP contribution < -0.4 is 0 Å². The Morgan fingerprint density at radius 3 is 2.39 bits per heavy atom. The van der Waals surface area contributed by atoms with Gasteiger partial charge in [-0.1, -0.05) is 24.0 Å². The van der Waals surface area contributed by atoms with Crippen LogP contribution in [0, 0.1) is 11.8 Å². The van der Waals surface area contributed by atoms with Crippen LogP contribution in [0.3, 0.4) is 0 Å². The summed E-state index contributed by atoms with van der Waals surface area (Å²) in [6.07, 6.45) is 3.44. The van der Waals surface area contributed by atoms with Crippen LogP contribution >= 0.6 is 11.8 Å². The second kappa shape index (κ2) is 11.8. The van der Waals surface area contributed by atoms with E-state index in [0.29, 0.717) is 30.3 Å². The van der Waals surface area contributed by atoms with Crippen LogP contribution in [0.1, 0.15) is 72.3 Å². The average Bonchev–Trinajstić information content (AvgIpc) is 3.30. The third-order valence-electron chi connectivity index (χ3n) is 6.24. The molecule has 1 aliphatic rings. The average molecular weight is 532 g/mol. The molecule has 0 atom stereocenters. The highest BCUT2D eigenvalue weighted by Gasteiger charge is 2.27. The zero-order chi connectivity index (χ0) is 27.3. The van der Waals surface area contributed by atoms with Crippen molar-refractivity contribution in [1.29, 1.82) is 0 Å².